The van der Waals surface area contributed by atoms with E-state index < -0.39 is 0 Å². The molecule has 0 unspecified atom stereocenters. The van der Waals surface area contributed by atoms with Gasteiger partial charge in [0.05, 0.1) is 0 Å². The van der Waals surface area contributed by atoms with Crippen LogP contribution < -0.4 is 0 Å². The summed E-state index contributed by atoms with van der Waals surface area (Å²) in [6.07, 6.45) is 5.73. The second-order valence-electron chi connectivity index (χ2n) is 5.36. The van der Waals surface area contributed by atoms with Crippen LogP contribution >= 0.6 is 24.8 Å². The molecule has 0 saturated carbocycles. The molecule has 0 heterocycles. The fourth-order valence-corrected chi connectivity index (χ4v) is 4.10. The Morgan fingerprint density at radius 2 is 1.27 bits per heavy atom. The fraction of sp³-hybridized carbons (Fsp3) is 0.158. The Balaban J connectivity index is 0.00000121. The molecule has 0 aliphatic heterocycles. The zero-order valence-electron chi connectivity index (χ0n) is 12.5. The zero-order chi connectivity index (χ0) is 14.0. The second-order valence-corrected chi connectivity index (χ2v) is 6.84. The molecule has 0 saturated heterocycles. The minimum atomic E-state index is -0.0473. The number of hydrogen-bond acceptors (Lipinski definition) is 0. The number of halogens is 2. The van der Waals surface area contributed by atoms with Gasteiger partial charge in [0.25, 0.3) is 0 Å². The molecule has 0 amide bonds. The molecule has 0 aromatic heterocycles. The van der Waals surface area contributed by atoms with E-state index in [1.807, 2.05) is 0 Å². The van der Waals surface area contributed by atoms with Gasteiger partial charge in [-0.25, -0.2) is 0 Å². The third-order valence-corrected chi connectivity index (χ3v) is 5.34. The van der Waals surface area contributed by atoms with Crippen molar-refractivity contribution >= 4 is 24.8 Å². The van der Waals surface area contributed by atoms with Crippen LogP contribution in [0.2, 0.25) is 0 Å². The first-order valence-corrected chi connectivity index (χ1v) is 8.18. The van der Waals surface area contributed by atoms with Crippen molar-refractivity contribution in [2.24, 2.45) is 0 Å². The number of benzene rings is 2. The Bertz CT molecular complexity index is 621. The molecule has 113 valence electrons. The Morgan fingerprint density at radius 3 is 1.64 bits per heavy atom. The molecule has 3 heteroatoms. The molecule has 3 rings (SSSR count). The average Bonchev–Trinajstić information content (AvgIpc) is 2.95. The average molecular weight is 409 g/mol. The summed E-state index contributed by atoms with van der Waals surface area (Å²) in [5.41, 5.74) is 4.17. The molecule has 0 radical (unpaired) electrons. The molecule has 22 heavy (non-hydrogen) atoms. The van der Waals surface area contributed by atoms with Crippen LogP contribution in [0.4, 0.5) is 0 Å². The summed E-state index contributed by atoms with van der Waals surface area (Å²) in [6, 6.07) is 21.7. The Labute approximate surface area is 160 Å². The maximum Gasteiger partial charge on any atom is -0.147 e. The van der Waals surface area contributed by atoms with Crippen LogP contribution in [-0.4, -0.2) is 0 Å². The SMILES string of the molecule is CC(C1=[C]([Zr])CC=C1)(c1ccccc1)c1ccccc1.Cl.Cl. The van der Waals surface area contributed by atoms with E-state index in [-0.39, 0.29) is 30.2 Å². The third-order valence-electron chi connectivity index (χ3n) is 4.17. The van der Waals surface area contributed by atoms with E-state index in [9.17, 15) is 0 Å². The van der Waals surface area contributed by atoms with Crippen LogP contribution in [0.3, 0.4) is 0 Å². The first kappa shape index (κ1) is 19.4. The minimum absolute atomic E-state index is 0. The minimum Gasteiger partial charge on any atom is -0.147 e. The summed E-state index contributed by atoms with van der Waals surface area (Å²) in [4.78, 5) is 0. The monoisotopic (exact) mass is 407 g/mol. The standard InChI is InChI=1S/C19H17.2ClH.Zr/c1-19(18-14-8-9-15-18,16-10-4-2-5-11-16)17-12-6-3-7-13-17;;;/h2-8,10-14H,9H2,1H3;2*1H;. The summed E-state index contributed by atoms with van der Waals surface area (Å²) in [5.74, 6) is 0. The predicted molar refractivity (Wildman–Crippen MR) is 94.6 cm³/mol. The van der Waals surface area contributed by atoms with E-state index in [4.69, 9.17) is 0 Å². The molecule has 2 aromatic rings. The van der Waals surface area contributed by atoms with Crippen molar-refractivity contribution in [3.05, 3.63) is 92.8 Å². The molecule has 1 aliphatic rings. The molecular formula is C19H19Cl2Zr. The van der Waals surface area contributed by atoms with E-state index in [0.717, 1.165) is 6.42 Å². The first-order valence-electron chi connectivity index (χ1n) is 6.96. The molecule has 1 aliphatic carbocycles. The van der Waals surface area contributed by atoms with E-state index in [1.165, 1.54) is 41.4 Å². The molecule has 0 atom stereocenters. The normalized spacial score (nSPS) is 13.5. The molecule has 0 fully saturated rings. The van der Waals surface area contributed by atoms with Crippen LogP contribution in [0.25, 0.3) is 0 Å². The summed E-state index contributed by atoms with van der Waals surface area (Å²) in [7, 11) is 0. The Kier molecular flexibility index (Phi) is 7.33. The van der Waals surface area contributed by atoms with Crippen molar-refractivity contribution in [1.82, 2.24) is 0 Å². The summed E-state index contributed by atoms with van der Waals surface area (Å²) in [6.45, 7) is 2.35. The molecule has 2 aromatic carbocycles. The molecular weight excluding hydrogens is 390 g/mol. The molecule has 0 bridgehead atoms. The van der Waals surface area contributed by atoms with Crippen LogP contribution in [0.15, 0.2) is 81.7 Å². The van der Waals surface area contributed by atoms with Gasteiger partial charge in [0.2, 0.25) is 0 Å². The van der Waals surface area contributed by atoms with Gasteiger partial charge < -0.3 is 0 Å². The molecule has 0 nitrogen and oxygen atoms in total. The zero-order valence-corrected chi connectivity index (χ0v) is 16.5. The van der Waals surface area contributed by atoms with E-state index in [1.54, 1.807) is 3.28 Å². The van der Waals surface area contributed by atoms with Gasteiger partial charge in [-0.1, -0.05) is 0 Å². The predicted octanol–water partition coefficient (Wildman–Crippen LogP) is 5.60. The summed E-state index contributed by atoms with van der Waals surface area (Å²) >= 11 is 1.53. The van der Waals surface area contributed by atoms with Crippen LogP contribution in [0.5, 0.6) is 0 Å². The third kappa shape index (κ3) is 3.48. The first-order chi connectivity index (χ1) is 9.73. The van der Waals surface area contributed by atoms with Gasteiger partial charge in [-0.3, -0.25) is 0 Å². The molecule has 0 spiro atoms. The second kappa shape index (κ2) is 8.30. The fourth-order valence-electron chi connectivity index (χ4n) is 2.99. The summed E-state index contributed by atoms with van der Waals surface area (Å²) < 4.78 is 1.56. The van der Waals surface area contributed by atoms with Crippen molar-refractivity contribution in [2.75, 3.05) is 0 Å². The molecule has 0 N–H and O–H groups in total. The maximum absolute atomic E-state index is 2.35. The van der Waals surface area contributed by atoms with E-state index >= 15 is 0 Å². The van der Waals surface area contributed by atoms with Crippen molar-refractivity contribution in [1.29, 1.82) is 0 Å². The Hall–Kier alpha value is -0.617. The van der Waals surface area contributed by atoms with Gasteiger partial charge in [0.1, 0.15) is 0 Å². The van der Waals surface area contributed by atoms with Gasteiger partial charge >= 0.3 is 136 Å². The topological polar surface area (TPSA) is 0 Å². The van der Waals surface area contributed by atoms with E-state index in [0.29, 0.717) is 0 Å². The van der Waals surface area contributed by atoms with Crippen LogP contribution in [0, 0.1) is 0 Å². The van der Waals surface area contributed by atoms with Crippen molar-refractivity contribution in [2.45, 2.75) is 18.8 Å². The number of rotatable bonds is 3. The largest absolute Gasteiger partial charge is 0.147 e. The van der Waals surface area contributed by atoms with Crippen LogP contribution in [0.1, 0.15) is 24.5 Å². The van der Waals surface area contributed by atoms with E-state index in [2.05, 4.69) is 79.7 Å². The van der Waals surface area contributed by atoms with Crippen molar-refractivity contribution < 1.29 is 24.7 Å². The number of hydrogen-bond donors (Lipinski definition) is 0. The van der Waals surface area contributed by atoms with Crippen molar-refractivity contribution in [3.8, 4) is 0 Å². The number of allylic oxidation sites excluding steroid dienone is 4. The Morgan fingerprint density at radius 1 is 0.818 bits per heavy atom. The van der Waals surface area contributed by atoms with Gasteiger partial charge in [-0.15, -0.1) is 24.8 Å². The van der Waals surface area contributed by atoms with Gasteiger partial charge in [0.15, 0.2) is 0 Å². The van der Waals surface area contributed by atoms with Crippen LogP contribution in [-0.2, 0) is 30.1 Å². The quantitative estimate of drug-likeness (QED) is 0.619. The summed E-state index contributed by atoms with van der Waals surface area (Å²) in [5, 5.41) is 0. The smallest absolute Gasteiger partial charge is 0.147 e. The van der Waals surface area contributed by atoms with Gasteiger partial charge in [0, 0.05) is 0 Å². The van der Waals surface area contributed by atoms with Crippen molar-refractivity contribution in [3.63, 3.8) is 0 Å². The maximum atomic E-state index is 2.35. The van der Waals surface area contributed by atoms with Gasteiger partial charge in [-0.2, -0.15) is 0 Å². The van der Waals surface area contributed by atoms with Gasteiger partial charge in [-0.05, 0) is 0 Å².